The lowest BCUT2D eigenvalue weighted by Gasteiger charge is -2.14. The summed E-state index contributed by atoms with van der Waals surface area (Å²) < 4.78 is 59.1. The summed E-state index contributed by atoms with van der Waals surface area (Å²) in [6.07, 6.45) is 0. The number of halogens is 4. The summed E-state index contributed by atoms with van der Waals surface area (Å²) in [5.41, 5.74) is -3.07. The van der Waals surface area contributed by atoms with Gasteiger partial charge in [0.15, 0.2) is 17.4 Å². The van der Waals surface area contributed by atoms with Crippen molar-refractivity contribution in [3.05, 3.63) is 70.3 Å². The second kappa shape index (κ2) is 7.90. The Labute approximate surface area is 150 Å². The number of aromatic hydroxyl groups is 1. The van der Waals surface area contributed by atoms with Crippen LogP contribution in [-0.4, -0.2) is 28.5 Å². The van der Waals surface area contributed by atoms with Crippen LogP contribution in [0.15, 0.2) is 35.9 Å². The Morgan fingerprint density at radius 1 is 1.04 bits per heavy atom. The summed E-state index contributed by atoms with van der Waals surface area (Å²) in [5, 5.41) is 28.0. The van der Waals surface area contributed by atoms with Crippen molar-refractivity contribution in [3.8, 4) is 5.75 Å². The summed E-state index contributed by atoms with van der Waals surface area (Å²) in [6.45, 7) is 1.21. The van der Waals surface area contributed by atoms with Crippen LogP contribution < -0.4 is 0 Å². The van der Waals surface area contributed by atoms with Gasteiger partial charge in [-0.25, -0.2) is 18.0 Å². The average Bonchev–Trinajstić information content (AvgIpc) is 2.66. The van der Waals surface area contributed by atoms with E-state index in [1.54, 1.807) is 6.07 Å². The monoisotopic (exact) mass is 383 g/mol. The minimum Gasteiger partial charge on any atom is -0.506 e. The molecule has 2 aromatic carbocycles. The first-order chi connectivity index (χ1) is 12.7. The topological polar surface area (TPSA) is 90.6 Å². The third kappa shape index (κ3) is 3.62. The van der Waals surface area contributed by atoms with Crippen molar-refractivity contribution >= 4 is 17.4 Å². The van der Waals surface area contributed by atoms with Gasteiger partial charge in [-0.05, 0) is 6.92 Å². The molecule has 0 atom stereocenters. The number of phenols is 1. The lowest BCUT2D eigenvalue weighted by atomic mass is 9.97. The second-order valence-electron chi connectivity index (χ2n) is 5.16. The van der Waals surface area contributed by atoms with E-state index in [1.807, 2.05) is 0 Å². The van der Waals surface area contributed by atoms with Crippen molar-refractivity contribution in [3.63, 3.8) is 0 Å². The number of benzene rings is 2. The Hall–Kier alpha value is -3.36. The Morgan fingerprint density at radius 2 is 1.59 bits per heavy atom. The van der Waals surface area contributed by atoms with Crippen molar-refractivity contribution in [1.29, 1.82) is 5.41 Å². The Bertz CT molecular complexity index is 913. The Morgan fingerprint density at radius 3 is 2.15 bits per heavy atom. The van der Waals surface area contributed by atoms with Crippen LogP contribution in [0.3, 0.4) is 0 Å². The zero-order valence-corrected chi connectivity index (χ0v) is 13.8. The van der Waals surface area contributed by atoms with Gasteiger partial charge in [0.05, 0.1) is 12.3 Å². The molecule has 0 unspecified atom stereocenters. The van der Waals surface area contributed by atoms with Gasteiger partial charge in [0.1, 0.15) is 16.9 Å². The number of hydrogen-bond acceptors (Lipinski definition) is 5. The maximum Gasteiger partial charge on any atom is 0.344 e. The first kappa shape index (κ1) is 20.0. The highest BCUT2D eigenvalue weighted by molar-refractivity contribution is 6.29. The van der Waals surface area contributed by atoms with E-state index in [1.165, 1.54) is 31.2 Å². The number of phenolic OH excluding ortho intramolecular Hbond substituents is 1. The molecule has 0 saturated carbocycles. The molecule has 9 heteroatoms. The van der Waals surface area contributed by atoms with Gasteiger partial charge in [-0.1, -0.05) is 30.3 Å². The zero-order valence-electron chi connectivity index (χ0n) is 13.8. The predicted octanol–water partition coefficient (Wildman–Crippen LogP) is 3.85. The quantitative estimate of drug-likeness (QED) is 0.139. The zero-order chi connectivity index (χ0) is 20.3. The molecule has 0 heterocycles. The molecule has 0 aliphatic carbocycles. The third-order valence-corrected chi connectivity index (χ3v) is 3.51. The molecule has 27 heavy (non-hydrogen) atoms. The number of carbonyl (C=O) groups is 1. The summed E-state index contributed by atoms with van der Waals surface area (Å²) in [5.74, 6) is -13.4. The van der Waals surface area contributed by atoms with Crippen molar-refractivity contribution in [2.75, 3.05) is 6.61 Å². The van der Waals surface area contributed by atoms with E-state index in [2.05, 4.69) is 4.74 Å². The minimum atomic E-state index is -2.30. The summed E-state index contributed by atoms with van der Waals surface area (Å²) in [4.78, 5) is 12.2. The average molecular weight is 383 g/mol. The number of esters is 1. The minimum absolute atomic E-state index is 0.0788. The van der Waals surface area contributed by atoms with Crippen LogP contribution in [0.2, 0.25) is 0 Å². The molecule has 2 aromatic rings. The molecule has 0 spiro atoms. The third-order valence-electron chi connectivity index (χ3n) is 3.51. The molecule has 3 N–H and O–H groups in total. The fourth-order valence-electron chi connectivity index (χ4n) is 2.23. The van der Waals surface area contributed by atoms with Gasteiger partial charge in [0.25, 0.3) is 0 Å². The molecule has 0 aliphatic heterocycles. The highest BCUT2D eigenvalue weighted by Crippen LogP contribution is 2.35. The van der Waals surface area contributed by atoms with E-state index in [-0.39, 0.29) is 12.2 Å². The highest BCUT2D eigenvalue weighted by Gasteiger charge is 2.32. The summed E-state index contributed by atoms with van der Waals surface area (Å²) in [6, 6.07) is 7.34. The van der Waals surface area contributed by atoms with Crippen molar-refractivity contribution in [2.45, 2.75) is 6.92 Å². The SMILES string of the molecule is CCOC(=O)/C(C(=N)c1ccccc1)=C(/O)c1c(O)c(F)c(F)c(F)c1F. The van der Waals surface area contributed by atoms with Crippen LogP contribution in [-0.2, 0) is 9.53 Å². The molecule has 0 fully saturated rings. The lowest BCUT2D eigenvalue weighted by molar-refractivity contribution is -0.137. The number of hydrogen-bond donors (Lipinski definition) is 3. The number of rotatable bonds is 5. The molecule has 0 aromatic heterocycles. The first-order valence-electron chi connectivity index (χ1n) is 7.52. The van der Waals surface area contributed by atoms with Crippen LogP contribution in [0.25, 0.3) is 5.76 Å². The summed E-state index contributed by atoms with van der Waals surface area (Å²) in [7, 11) is 0. The van der Waals surface area contributed by atoms with Gasteiger partial charge in [0.2, 0.25) is 11.6 Å². The standard InChI is InChI=1S/C18H13F4NO4/c1-2-27-18(26)10(15(23)8-6-4-3-5-7-8)16(24)9-11(19)12(20)13(21)14(22)17(9)25/h3-7,23-25H,2H2,1H3/b16-10+,23-15?. The van der Waals surface area contributed by atoms with Gasteiger partial charge in [-0.3, -0.25) is 5.41 Å². The van der Waals surface area contributed by atoms with E-state index in [0.29, 0.717) is 0 Å². The number of carbonyl (C=O) groups excluding carboxylic acids is 1. The number of nitrogens with one attached hydrogen (secondary N) is 1. The number of aliphatic hydroxyl groups is 1. The van der Waals surface area contributed by atoms with E-state index < -0.39 is 57.6 Å². The molecule has 142 valence electrons. The van der Waals surface area contributed by atoms with Gasteiger partial charge in [-0.2, -0.15) is 4.39 Å². The van der Waals surface area contributed by atoms with E-state index in [9.17, 15) is 32.6 Å². The van der Waals surface area contributed by atoms with Gasteiger partial charge >= 0.3 is 5.97 Å². The van der Waals surface area contributed by atoms with Gasteiger partial charge < -0.3 is 14.9 Å². The second-order valence-corrected chi connectivity index (χ2v) is 5.16. The molecule has 0 saturated heterocycles. The molecular weight excluding hydrogens is 370 g/mol. The molecule has 0 radical (unpaired) electrons. The van der Waals surface area contributed by atoms with Crippen molar-refractivity contribution < 1.29 is 37.3 Å². The molecule has 0 amide bonds. The Balaban J connectivity index is 2.80. The predicted molar refractivity (Wildman–Crippen MR) is 87.4 cm³/mol. The van der Waals surface area contributed by atoms with Crippen LogP contribution in [0.1, 0.15) is 18.1 Å². The van der Waals surface area contributed by atoms with Gasteiger partial charge in [0, 0.05) is 5.56 Å². The fourth-order valence-corrected chi connectivity index (χ4v) is 2.23. The summed E-state index contributed by atoms with van der Waals surface area (Å²) >= 11 is 0. The normalized spacial score (nSPS) is 11.7. The fraction of sp³-hybridized carbons (Fsp3) is 0.111. The molecule has 2 rings (SSSR count). The lowest BCUT2D eigenvalue weighted by Crippen LogP contribution is -2.19. The van der Waals surface area contributed by atoms with Crippen molar-refractivity contribution in [1.82, 2.24) is 0 Å². The molecular formula is C18H13F4NO4. The van der Waals surface area contributed by atoms with E-state index in [4.69, 9.17) is 5.41 Å². The largest absolute Gasteiger partial charge is 0.506 e. The van der Waals surface area contributed by atoms with Crippen LogP contribution in [0.4, 0.5) is 17.6 Å². The van der Waals surface area contributed by atoms with Crippen LogP contribution in [0.5, 0.6) is 5.75 Å². The van der Waals surface area contributed by atoms with E-state index >= 15 is 0 Å². The maximum absolute atomic E-state index is 14.1. The van der Waals surface area contributed by atoms with Crippen molar-refractivity contribution in [2.24, 2.45) is 0 Å². The maximum atomic E-state index is 14.1. The highest BCUT2D eigenvalue weighted by atomic mass is 19.2. The Kier molecular flexibility index (Phi) is 5.84. The molecule has 0 bridgehead atoms. The number of aliphatic hydroxyl groups excluding tert-OH is 1. The van der Waals surface area contributed by atoms with Crippen LogP contribution >= 0.6 is 0 Å². The smallest absolute Gasteiger partial charge is 0.344 e. The van der Waals surface area contributed by atoms with Crippen LogP contribution in [0, 0.1) is 28.7 Å². The molecule has 5 nitrogen and oxygen atoms in total. The first-order valence-corrected chi connectivity index (χ1v) is 7.52. The number of ether oxygens (including phenoxy) is 1. The van der Waals surface area contributed by atoms with E-state index in [0.717, 1.165) is 0 Å². The van der Waals surface area contributed by atoms with Gasteiger partial charge in [-0.15, -0.1) is 0 Å². The molecule has 0 aliphatic rings.